The second kappa shape index (κ2) is 8.86. The third-order valence-corrected chi connectivity index (χ3v) is 2.88. The molecule has 8 nitrogen and oxygen atoms in total. The number of carbonyl (C=O) groups is 2. The number of carbonyl (C=O) groups excluding carboxylic acids is 2. The van der Waals surface area contributed by atoms with Crippen molar-refractivity contribution in [1.82, 2.24) is 10.6 Å². The predicted octanol–water partition coefficient (Wildman–Crippen LogP) is 2.10. The monoisotopic (exact) mass is 356 g/mol. The van der Waals surface area contributed by atoms with Gasteiger partial charge in [-0.2, -0.15) is 0 Å². The van der Waals surface area contributed by atoms with Gasteiger partial charge in [-0.15, -0.1) is 0 Å². The first-order valence-corrected chi connectivity index (χ1v) is 7.10. The van der Waals surface area contributed by atoms with Crippen molar-refractivity contribution in [3.63, 3.8) is 0 Å². The van der Waals surface area contributed by atoms with Crippen molar-refractivity contribution in [2.75, 3.05) is 24.9 Å². The summed E-state index contributed by atoms with van der Waals surface area (Å²) in [5.41, 5.74) is 2.05. The van der Waals surface area contributed by atoms with Crippen molar-refractivity contribution < 1.29 is 19.1 Å². The third kappa shape index (κ3) is 6.45. The van der Waals surface area contributed by atoms with Gasteiger partial charge in [0.05, 0.1) is 25.6 Å². The number of benzene rings is 1. The summed E-state index contributed by atoms with van der Waals surface area (Å²) in [6.45, 7) is 1.89. The van der Waals surface area contributed by atoms with E-state index in [1.807, 2.05) is 13.0 Å². The standard InChI is InChI=1S/C13H16N4O4S2/c1-7-4-5-8(14-10(22)16-12(18)20-2)9(6-7)15-11(23)17-13(19)21-3/h4-6H,1-3H3,(H2,14,16,18,22)(H2,15,17,19,23). The lowest BCUT2D eigenvalue weighted by atomic mass is 10.2. The number of methoxy groups -OCH3 is 2. The summed E-state index contributed by atoms with van der Waals surface area (Å²) in [4.78, 5) is 22.3. The number of hydrogen-bond donors (Lipinski definition) is 4. The lowest BCUT2D eigenvalue weighted by molar-refractivity contribution is 0.176. The Hall–Kier alpha value is -2.46. The van der Waals surface area contributed by atoms with Gasteiger partial charge in [0, 0.05) is 0 Å². The summed E-state index contributed by atoms with van der Waals surface area (Å²) in [5.74, 6) is 0. The molecule has 4 N–H and O–H groups in total. The van der Waals surface area contributed by atoms with Crippen molar-refractivity contribution in [3.8, 4) is 0 Å². The summed E-state index contributed by atoms with van der Waals surface area (Å²) < 4.78 is 8.91. The van der Waals surface area contributed by atoms with Gasteiger partial charge in [-0.3, -0.25) is 10.6 Å². The molecule has 23 heavy (non-hydrogen) atoms. The summed E-state index contributed by atoms with van der Waals surface area (Å²) in [6, 6.07) is 5.36. The van der Waals surface area contributed by atoms with Gasteiger partial charge in [0.2, 0.25) is 0 Å². The summed E-state index contributed by atoms with van der Waals surface area (Å²) in [7, 11) is 2.46. The van der Waals surface area contributed by atoms with Crippen LogP contribution in [0.15, 0.2) is 18.2 Å². The minimum Gasteiger partial charge on any atom is -0.453 e. The number of aryl methyl sites for hydroxylation is 1. The largest absolute Gasteiger partial charge is 0.453 e. The minimum absolute atomic E-state index is 0.0515. The molecule has 0 saturated heterocycles. The predicted molar refractivity (Wildman–Crippen MR) is 94.7 cm³/mol. The lowest BCUT2D eigenvalue weighted by Gasteiger charge is -2.16. The molecule has 2 amide bonds. The highest BCUT2D eigenvalue weighted by molar-refractivity contribution is 7.80. The van der Waals surface area contributed by atoms with E-state index in [0.29, 0.717) is 11.4 Å². The zero-order valence-corrected chi connectivity index (χ0v) is 14.3. The molecule has 0 fully saturated rings. The van der Waals surface area contributed by atoms with Crippen LogP contribution in [0.1, 0.15) is 5.56 Å². The quantitative estimate of drug-likeness (QED) is 0.598. The normalized spacial score (nSPS) is 9.35. The molecular formula is C13H16N4O4S2. The highest BCUT2D eigenvalue weighted by Gasteiger charge is 2.10. The average molecular weight is 356 g/mol. The first kappa shape index (κ1) is 18.6. The molecule has 1 aromatic rings. The van der Waals surface area contributed by atoms with Gasteiger partial charge in [-0.1, -0.05) is 6.07 Å². The van der Waals surface area contributed by atoms with Crippen LogP contribution in [0, 0.1) is 6.92 Å². The fourth-order valence-corrected chi connectivity index (χ4v) is 1.85. The molecule has 1 rings (SSSR count). The smallest absolute Gasteiger partial charge is 0.413 e. The third-order valence-electron chi connectivity index (χ3n) is 2.47. The number of anilines is 2. The van der Waals surface area contributed by atoms with Crippen molar-refractivity contribution in [3.05, 3.63) is 23.8 Å². The highest BCUT2D eigenvalue weighted by Crippen LogP contribution is 2.23. The molecule has 0 saturated carbocycles. The molecule has 1 aromatic carbocycles. The highest BCUT2D eigenvalue weighted by atomic mass is 32.1. The molecular weight excluding hydrogens is 340 g/mol. The maximum Gasteiger partial charge on any atom is 0.413 e. The Bertz CT molecular complexity index is 636. The number of ether oxygens (including phenoxy) is 2. The van der Waals surface area contributed by atoms with E-state index in [4.69, 9.17) is 24.4 Å². The molecule has 0 aliphatic rings. The summed E-state index contributed by atoms with van der Waals surface area (Å²) in [6.07, 6.45) is -1.38. The van der Waals surface area contributed by atoms with E-state index in [-0.39, 0.29) is 10.2 Å². The van der Waals surface area contributed by atoms with Crippen LogP contribution in [0.4, 0.5) is 21.0 Å². The van der Waals surface area contributed by atoms with Gasteiger partial charge in [-0.25, -0.2) is 9.59 Å². The van der Waals surface area contributed by atoms with Crippen molar-refractivity contribution in [2.24, 2.45) is 0 Å². The number of thiocarbonyl (C=S) groups is 2. The molecule has 0 unspecified atom stereocenters. The van der Waals surface area contributed by atoms with E-state index in [9.17, 15) is 9.59 Å². The van der Waals surface area contributed by atoms with Gasteiger partial charge in [0.15, 0.2) is 10.2 Å². The van der Waals surface area contributed by atoms with Gasteiger partial charge >= 0.3 is 12.2 Å². The minimum atomic E-state index is -0.688. The van der Waals surface area contributed by atoms with E-state index < -0.39 is 12.2 Å². The molecule has 0 bridgehead atoms. The van der Waals surface area contributed by atoms with Gasteiger partial charge < -0.3 is 20.1 Å². The van der Waals surface area contributed by atoms with E-state index in [2.05, 4.69) is 30.7 Å². The van der Waals surface area contributed by atoms with Crippen LogP contribution in [0.5, 0.6) is 0 Å². The van der Waals surface area contributed by atoms with Crippen LogP contribution < -0.4 is 21.3 Å². The Morgan fingerprint density at radius 2 is 1.39 bits per heavy atom. The molecule has 0 radical (unpaired) electrons. The van der Waals surface area contributed by atoms with Crippen LogP contribution >= 0.6 is 24.4 Å². The van der Waals surface area contributed by atoms with Gasteiger partial charge in [-0.05, 0) is 49.1 Å². The Labute approximate surface area is 143 Å². The topological polar surface area (TPSA) is 101 Å². The van der Waals surface area contributed by atoms with Crippen LogP contribution in [-0.4, -0.2) is 36.6 Å². The Morgan fingerprint density at radius 1 is 0.913 bits per heavy atom. The number of amides is 2. The molecule has 10 heteroatoms. The van der Waals surface area contributed by atoms with Crippen molar-refractivity contribution in [2.45, 2.75) is 6.92 Å². The van der Waals surface area contributed by atoms with Crippen LogP contribution in [-0.2, 0) is 9.47 Å². The average Bonchev–Trinajstić information content (AvgIpc) is 2.49. The van der Waals surface area contributed by atoms with E-state index in [1.165, 1.54) is 14.2 Å². The number of rotatable bonds is 2. The lowest BCUT2D eigenvalue weighted by Crippen LogP contribution is -2.35. The van der Waals surface area contributed by atoms with Crippen LogP contribution in [0.25, 0.3) is 0 Å². The Kier molecular flexibility index (Phi) is 7.16. The number of nitrogens with one attached hydrogen (secondary N) is 4. The zero-order chi connectivity index (χ0) is 17.4. The molecule has 0 aliphatic carbocycles. The van der Waals surface area contributed by atoms with Gasteiger partial charge in [0.1, 0.15) is 0 Å². The molecule has 0 heterocycles. The van der Waals surface area contributed by atoms with Crippen LogP contribution in [0.3, 0.4) is 0 Å². The maximum atomic E-state index is 11.1. The summed E-state index contributed by atoms with van der Waals surface area (Å²) >= 11 is 10.0. The van der Waals surface area contributed by atoms with Crippen molar-refractivity contribution in [1.29, 1.82) is 0 Å². The summed E-state index contributed by atoms with van der Waals surface area (Å²) in [5, 5.41) is 10.4. The molecule has 0 aliphatic heterocycles. The number of alkyl carbamates (subject to hydrolysis) is 2. The Balaban J connectivity index is 2.84. The maximum absolute atomic E-state index is 11.1. The van der Waals surface area contributed by atoms with Gasteiger partial charge in [0.25, 0.3) is 0 Å². The first-order chi connectivity index (χ1) is 10.8. The fourth-order valence-electron chi connectivity index (χ4n) is 1.47. The SMILES string of the molecule is COC(=O)NC(=S)Nc1ccc(C)cc1NC(=S)NC(=O)OC. The van der Waals surface area contributed by atoms with E-state index in [1.54, 1.807) is 12.1 Å². The van der Waals surface area contributed by atoms with E-state index >= 15 is 0 Å². The molecule has 0 aromatic heterocycles. The van der Waals surface area contributed by atoms with Crippen LogP contribution in [0.2, 0.25) is 0 Å². The second-order valence-electron chi connectivity index (χ2n) is 4.19. The second-order valence-corrected chi connectivity index (χ2v) is 5.01. The zero-order valence-electron chi connectivity index (χ0n) is 12.7. The number of hydrogen-bond acceptors (Lipinski definition) is 6. The molecule has 0 atom stereocenters. The fraction of sp³-hybridized carbons (Fsp3) is 0.231. The van der Waals surface area contributed by atoms with Crippen molar-refractivity contribution >= 4 is 58.2 Å². The molecule has 124 valence electrons. The van der Waals surface area contributed by atoms with E-state index in [0.717, 1.165) is 5.56 Å². The Morgan fingerprint density at radius 3 is 1.87 bits per heavy atom. The molecule has 0 spiro atoms. The first-order valence-electron chi connectivity index (χ1n) is 6.28.